The van der Waals surface area contributed by atoms with Gasteiger partial charge >= 0.3 is 12.2 Å². The van der Waals surface area contributed by atoms with E-state index in [1.807, 2.05) is 13.8 Å². The van der Waals surface area contributed by atoms with Crippen LogP contribution in [0.5, 0.6) is 0 Å². The molecule has 0 bridgehead atoms. The van der Waals surface area contributed by atoms with E-state index in [2.05, 4.69) is 23.7 Å². The van der Waals surface area contributed by atoms with Crippen LogP contribution in [0.2, 0.25) is 13.1 Å². The molecule has 2 amide bonds. The summed E-state index contributed by atoms with van der Waals surface area (Å²) in [5.41, 5.74) is 0. The fourth-order valence-electron chi connectivity index (χ4n) is 0.464. The van der Waals surface area contributed by atoms with Gasteiger partial charge in [0.05, 0.1) is 0 Å². The summed E-state index contributed by atoms with van der Waals surface area (Å²) in [6.45, 7) is 9.45. The van der Waals surface area contributed by atoms with Crippen molar-refractivity contribution in [3.8, 4) is 0 Å². The van der Waals surface area contributed by atoms with Crippen LogP contribution in [0.1, 0.15) is 26.7 Å². The van der Waals surface area contributed by atoms with Crippen LogP contribution >= 0.6 is 0 Å². The highest BCUT2D eigenvalue weighted by Gasteiger charge is 1.87. The molecule has 6 nitrogen and oxygen atoms in total. The maximum atomic E-state index is 9.65. The Labute approximate surface area is 106 Å². The van der Waals surface area contributed by atoms with E-state index < -0.39 is 12.2 Å². The zero-order valence-corrected chi connectivity index (χ0v) is 12.7. The van der Waals surface area contributed by atoms with Crippen molar-refractivity contribution in [2.45, 2.75) is 39.8 Å². The molecule has 0 aliphatic rings. The number of hydrogen-bond acceptors (Lipinski definition) is 2. The monoisotopic (exact) mass is 266 g/mol. The largest absolute Gasteiger partial charge is 0.465 e. The molecule has 0 unspecified atom stereocenters. The summed E-state index contributed by atoms with van der Waals surface area (Å²) in [5, 5.41) is 20.3. The lowest BCUT2D eigenvalue weighted by atomic mass is 10.5. The molecule has 0 aliphatic carbocycles. The fourth-order valence-corrected chi connectivity index (χ4v) is 0.464. The van der Waals surface area contributed by atoms with Crippen LogP contribution < -0.4 is 10.6 Å². The van der Waals surface area contributed by atoms with Gasteiger partial charge in [-0.15, -0.1) is 0 Å². The van der Waals surface area contributed by atoms with Crippen LogP contribution in [0.25, 0.3) is 0 Å². The third kappa shape index (κ3) is 52.6. The molecule has 7 heteroatoms. The fraction of sp³-hybridized carbons (Fsp3) is 0.800. The van der Waals surface area contributed by atoms with Crippen molar-refractivity contribution in [2.24, 2.45) is 0 Å². The Morgan fingerprint density at radius 3 is 1.24 bits per heavy atom. The van der Waals surface area contributed by atoms with Gasteiger partial charge in [-0.25, -0.2) is 9.59 Å². The first kappa shape index (κ1) is 21.1. The molecule has 4 N–H and O–H groups in total. The van der Waals surface area contributed by atoms with Crippen LogP contribution in [0.3, 0.4) is 0 Å². The number of nitrogens with one attached hydrogen (secondary N) is 2. The Morgan fingerprint density at radius 2 is 1.18 bits per heavy atom. The van der Waals surface area contributed by atoms with Crippen molar-refractivity contribution in [2.75, 3.05) is 13.1 Å². The molecule has 0 fully saturated rings. The Bertz CT molecular complexity index is 162. The lowest BCUT2D eigenvalue weighted by Gasteiger charge is -1.91. The van der Waals surface area contributed by atoms with Gasteiger partial charge in [-0.05, 0) is 12.8 Å². The first-order valence-electron chi connectivity index (χ1n) is 5.89. The highest BCUT2D eigenvalue weighted by Crippen LogP contribution is 1.68. The Hall–Kier alpha value is -1.24. The second-order valence-corrected chi connectivity index (χ2v) is 4.59. The van der Waals surface area contributed by atoms with Crippen LogP contribution in [-0.2, 0) is 0 Å². The molecule has 0 aromatic carbocycles. The first-order chi connectivity index (χ1) is 7.95. The number of carbonyl (C=O) groups is 2. The SMILES string of the molecule is CCCNC(=O)O.CCCNC(=O)O.C[SiH2]C. The molecule has 104 valence electrons. The average Bonchev–Trinajstić information content (AvgIpc) is 2.25. The summed E-state index contributed by atoms with van der Waals surface area (Å²) in [5.74, 6) is 0. The van der Waals surface area contributed by atoms with Gasteiger partial charge in [-0.1, -0.05) is 26.9 Å². The minimum Gasteiger partial charge on any atom is -0.465 e. The third-order valence-corrected chi connectivity index (χ3v) is 1.05. The lowest BCUT2D eigenvalue weighted by Crippen LogP contribution is -2.20. The second kappa shape index (κ2) is 20.2. The molecule has 0 aliphatic heterocycles. The van der Waals surface area contributed by atoms with Crippen LogP contribution in [-0.4, -0.2) is 45.0 Å². The number of carboxylic acid groups (broad SMARTS) is 2. The molecule has 0 atom stereocenters. The van der Waals surface area contributed by atoms with Gasteiger partial charge in [0.15, 0.2) is 0 Å². The van der Waals surface area contributed by atoms with E-state index >= 15 is 0 Å². The maximum absolute atomic E-state index is 9.65. The second-order valence-electron chi connectivity index (χ2n) is 3.17. The number of rotatable bonds is 4. The number of amides is 2. The summed E-state index contributed by atoms with van der Waals surface area (Å²) in [6, 6.07) is 0. The minimum atomic E-state index is -0.943. The van der Waals surface area contributed by atoms with Gasteiger partial charge in [0, 0.05) is 22.6 Å². The zero-order valence-electron chi connectivity index (χ0n) is 11.2. The van der Waals surface area contributed by atoms with E-state index in [0.29, 0.717) is 22.6 Å². The van der Waals surface area contributed by atoms with Gasteiger partial charge in [-0.2, -0.15) is 0 Å². The van der Waals surface area contributed by atoms with Gasteiger partial charge in [-0.3, -0.25) is 0 Å². The Balaban J connectivity index is -0.000000188. The Kier molecular flexibility index (Phi) is 25.1. The molecule has 17 heavy (non-hydrogen) atoms. The quantitative estimate of drug-likeness (QED) is 0.581. The summed E-state index contributed by atoms with van der Waals surface area (Å²) in [6.07, 6.45) is -0.179. The van der Waals surface area contributed by atoms with Crippen LogP contribution in [0, 0.1) is 0 Å². The van der Waals surface area contributed by atoms with Gasteiger partial charge in [0.25, 0.3) is 0 Å². The standard InChI is InChI=1S/2C4H9NO2.C2H8Si/c2*1-2-3-5-4(6)7;1-3-2/h2*5H,2-3H2,1H3,(H,6,7);3H2,1-2H3. The van der Waals surface area contributed by atoms with E-state index in [9.17, 15) is 9.59 Å². The van der Waals surface area contributed by atoms with E-state index in [4.69, 9.17) is 10.2 Å². The number of hydrogen-bond donors (Lipinski definition) is 4. The summed E-state index contributed by atoms with van der Waals surface area (Å²) < 4.78 is 0. The van der Waals surface area contributed by atoms with Crippen molar-refractivity contribution >= 4 is 21.7 Å². The molecule has 0 aromatic heterocycles. The van der Waals surface area contributed by atoms with Crippen molar-refractivity contribution in [3.05, 3.63) is 0 Å². The maximum Gasteiger partial charge on any atom is 0.404 e. The molecular weight excluding hydrogens is 240 g/mol. The van der Waals surface area contributed by atoms with E-state index in [1.54, 1.807) is 0 Å². The average molecular weight is 266 g/mol. The normalized spacial score (nSPS) is 7.76. The molecule has 0 rings (SSSR count). The van der Waals surface area contributed by atoms with Crippen LogP contribution in [0.4, 0.5) is 9.59 Å². The summed E-state index contributed by atoms with van der Waals surface area (Å²) in [4.78, 5) is 19.3. The zero-order chi connectivity index (χ0) is 14.1. The van der Waals surface area contributed by atoms with E-state index in [0.717, 1.165) is 12.8 Å². The Morgan fingerprint density at radius 1 is 0.941 bits per heavy atom. The topological polar surface area (TPSA) is 98.7 Å². The van der Waals surface area contributed by atoms with Crippen molar-refractivity contribution in [1.29, 1.82) is 0 Å². The third-order valence-electron chi connectivity index (χ3n) is 1.05. The molecule has 0 spiro atoms. The molecule has 0 aromatic rings. The van der Waals surface area contributed by atoms with Crippen LogP contribution in [0.15, 0.2) is 0 Å². The first-order valence-corrected chi connectivity index (χ1v) is 8.72. The molecule has 0 heterocycles. The molecule has 0 saturated carbocycles. The van der Waals surface area contributed by atoms with Gasteiger partial charge in [0.2, 0.25) is 0 Å². The van der Waals surface area contributed by atoms with Gasteiger partial charge in [0.1, 0.15) is 0 Å². The van der Waals surface area contributed by atoms with E-state index in [-0.39, 0.29) is 0 Å². The summed E-state index contributed by atoms with van der Waals surface area (Å²) >= 11 is 0. The molecular formula is C10H26N2O4Si. The van der Waals surface area contributed by atoms with Crippen molar-refractivity contribution in [3.63, 3.8) is 0 Å². The highest BCUT2D eigenvalue weighted by atomic mass is 28.2. The predicted octanol–water partition coefficient (Wildman–Crippen LogP) is 1.58. The smallest absolute Gasteiger partial charge is 0.404 e. The van der Waals surface area contributed by atoms with Crippen molar-refractivity contribution in [1.82, 2.24) is 10.6 Å². The highest BCUT2D eigenvalue weighted by molar-refractivity contribution is 6.31. The van der Waals surface area contributed by atoms with E-state index in [1.165, 1.54) is 0 Å². The molecule has 0 saturated heterocycles. The summed E-state index contributed by atoms with van der Waals surface area (Å²) in [7, 11) is 0.417. The lowest BCUT2D eigenvalue weighted by molar-refractivity contribution is 0.193. The predicted molar refractivity (Wildman–Crippen MR) is 72.9 cm³/mol. The van der Waals surface area contributed by atoms with Crippen molar-refractivity contribution < 1.29 is 19.8 Å². The molecule has 0 radical (unpaired) electrons. The van der Waals surface area contributed by atoms with Gasteiger partial charge < -0.3 is 20.8 Å². The minimum absolute atomic E-state index is 0.417.